The number of rotatable bonds is 10. The number of nitrogens with one attached hydrogen (secondary N) is 2. The fourth-order valence-corrected chi connectivity index (χ4v) is 2.45. The van der Waals surface area contributed by atoms with E-state index >= 15 is 0 Å². The molecule has 0 heterocycles. The fourth-order valence-electron chi connectivity index (χ4n) is 2.45. The maximum absolute atomic E-state index is 13.2. The van der Waals surface area contributed by atoms with Crippen LogP contribution in [0.1, 0.15) is 30.9 Å². The second-order valence-corrected chi connectivity index (χ2v) is 6.00. The van der Waals surface area contributed by atoms with Gasteiger partial charge in [-0.3, -0.25) is 0 Å². The van der Waals surface area contributed by atoms with Crippen LogP contribution < -0.4 is 10.6 Å². The number of nitrogens with zero attached hydrogens (tertiary/aromatic N) is 1. The van der Waals surface area contributed by atoms with Crippen LogP contribution in [0.25, 0.3) is 0 Å². The molecule has 0 bridgehead atoms. The van der Waals surface area contributed by atoms with E-state index in [9.17, 15) is 4.39 Å². The van der Waals surface area contributed by atoms with Gasteiger partial charge in [0.2, 0.25) is 0 Å². The van der Waals surface area contributed by atoms with Crippen molar-refractivity contribution in [1.29, 1.82) is 0 Å². The van der Waals surface area contributed by atoms with Gasteiger partial charge in [-0.2, -0.15) is 0 Å². The Hall–Kier alpha value is -1.67. The van der Waals surface area contributed by atoms with Crippen LogP contribution in [0, 0.1) is 5.82 Å². The van der Waals surface area contributed by atoms with E-state index in [2.05, 4.69) is 27.8 Å². The Kier molecular flexibility index (Phi) is 12.5. The van der Waals surface area contributed by atoms with Crippen LogP contribution in [0.5, 0.6) is 0 Å². The van der Waals surface area contributed by atoms with Crippen LogP contribution in [0.3, 0.4) is 0 Å². The molecule has 0 amide bonds. The van der Waals surface area contributed by atoms with Gasteiger partial charge in [0.25, 0.3) is 0 Å². The van der Waals surface area contributed by atoms with Gasteiger partial charge in [-0.05, 0) is 43.0 Å². The minimum atomic E-state index is -0.230. The van der Waals surface area contributed by atoms with E-state index in [1.54, 1.807) is 6.07 Å². The Bertz CT molecular complexity index is 667. The molecule has 0 aromatic heterocycles. The largest absolute Gasteiger partial charge is 0.377 e. The van der Waals surface area contributed by atoms with Crippen molar-refractivity contribution in [2.75, 3.05) is 19.7 Å². The van der Waals surface area contributed by atoms with Crippen molar-refractivity contribution < 1.29 is 9.13 Å². The smallest absolute Gasteiger partial charge is 0.191 e. The molecule has 2 rings (SSSR count). The maximum atomic E-state index is 13.2. The molecule has 2 N–H and O–H groups in total. The van der Waals surface area contributed by atoms with Crippen molar-refractivity contribution in [3.63, 3.8) is 0 Å². The first-order valence-electron chi connectivity index (χ1n) is 9.16. The molecular formula is C21H29FIN3O. The molecule has 0 atom stereocenters. The molecule has 0 saturated heterocycles. The lowest BCUT2D eigenvalue weighted by molar-refractivity contribution is 0.117. The average molecular weight is 485 g/mol. The summed E-state index contributed by atoms with van der Waals surface area (Å²) in [6.45, 7) is 5.49. The molecule has 2 aromatic carbocycles. The summed E-state index contributed by atoms with van der Waals surface area (Å²) in [5, 5.41) is 6.51. The van der Waals surface area contributed by atoms with Gasteiger partial charge in [-0.1, -0.05) is 42.5 Å². The van der Waals surface area contributed by atoms with Gasteiger partial charge in [0.05, 0.1) is 13.2 Å². The highest BCUT2D eigenvalue weighted by Gasteiger charge is 1.99. The summed E-state index contributed by atoms with van der Waals surface area (Å²) in [6.07, 6.45) is 1.99. The van der Waals surface area contributed by atoms with Crippen molar-refractivity contribution in [2.45, 2.75) is 32.9 Å². The quantitative estimate of drug-likeness (QED) is 0.226. The van der Waals surface area contributed by atoms with Crippen LogP contribution in [0.2, 0.25) is 0 Å². The Morgan fingerprint density at radius 3 is 2.52 bits per heavy atom. The zero-order valence-electron chi connectivity index (χ0n) is 15.8. The monoisotopic (exact) mass is 485 g/mol. The Balaban J connectivity index is 0.00000364. The SMILES string of the molecule is CCNC(=NCc1cccc(F)c1)NCCCCOCc1ccccc1.I. The predicted octanol–water partition coefficient (Wildman–Crippen LogP) is 4.50. The molecule has 0 aliphatic heterocycles. The number of guanidine groups is 1. The van der Waals surface area contributed by atoms with Crippen molar-refractivity contribution in [1.82, 2.24) is 10.6 Å². The number of hydrogen-bond donors (Lipinski definition) is 2. The second kappa shape index (κ2) is 14.4. The highest BCUT2D eigenvalue weighted by molar-refractivity contribution is 14.0. The lowest BCUT2D eigenvalue weighted by atomic mass is 10.2. The molecule has 0 spiro atoms. The van der Waals surface area contributed by atoms with Crippen LogP contribution >= 0.6 is 24.0 Å². The number of aliphatic imine (C=N–C) groups is 1. The molecule has 0 unspecified atom stereocenters. The molecular weight excluding hydrogens is 456 g/mol. The summed E-state index contributed by atoms with van der Waals surface area (Å²) in [5.74, 6) is 0.521. The molecule has 0 aliphatic carbocycles. The van der Waals surface area contributed by atoms with E-state index in [1.807, 2.05) is 31.2 Å². The molecule has 27 heavy (non-hydrogen) atoms. The standard InChI is InChI=1S/C21H28FN3O.HI/c1-2-23-21(25-16-19-11-8-12-20(22)15-19)24-13-6-7-14-26-17-18-9-4-3-5-10-18;/h3-5,8-12,15H,2,6-7,13-14,16-17H2,1H3,(H2,23,24,25);1H. The van der Waals surface area contributed by atoms with Gasteiger partial charge in [0.1, 0.15) is 5.82 Å². The number of hydrogen-bond acceptors (Lipinski definition) is 2. The minimum absolute atomic E-state index is 0. The highest BCUT2D eigenvalue weighted by atomic mass is 127. The second-order valence-electron chi connectivity index (χ2n) is 6.00. The molecule has 2 aromatic rings. The summed E-state index contributed by atoms with van der Waals surface area (Å²) in [6, 6.07) is 16.7. The molecule has 0 saturated carbocycles. The van der Waals surface area contributed by atoms with Crippen molar-refractivity contribution in [3.8, 4) is 0 Å². The Morgan fingerprint density at radius 2 is 1.78 bits per heavy atom. The van der Waals surface area contributed by atoms with Gasteiger partial charge in [0, 0.05) is 19.7 Å². The van der Waals surface area contributed by atoms with Crippen LogP contribution in [0.4, 0.5) is 4.39 Å². The van der Waals surface area contributed by atoms with E-state index in [0.717, 1.165) is 44.1 Å². The van der Waals surface area contributed by atoms with E-state index in [-0.39, 0.29) is 29.8 Å². The number of unbranched alkanes of at least 4 members (excludes halogenated alkanes) is 1. The Labute approximate surface area is 178 Å². The number of ether oxygens (including phenoxy) is 1. The predicted molar refractivity (Wildman–Crippen MR) is 120 cm³/mol. The third-order valence-corrected chi connectivity index (χ3v) is 3.77. The third kappa shape index (κ3) is 10.3. The summed E-state index contributed by atoms with van der Waals surface area (Å²) in [7, 11) is 0. The van der Waals surface area contributed by atoms with E-state index in [1.165, 1.54) is 17.7 Å². The van der Waals surface area contributed by atoms with Gasteiger partial charge < -0.3 is 15.4 Å². The highest BCUT2D eigenvalue weighted by Crippen LogP contribution is 2.04. The topological polar surface area (TPSA) is 45.7 Å². The normalized spacial score (nSPS) is 11.0. The minimum Gasteiger partial charge on any atom is -0.377 e. The first-order chi connectivity index (χ1) is 12.8. The third-order valence-electron chi connectivity index (χ3n) is 3.77. The summed E-state index contributed by atoms with van der Waals surface area (Å²) in [4.78, 5) is 4.49. The number of halogens is 2. The van der Waals surface area contributed by atoms with E-state index < -0.39 is 0 Å². The van der Waals surface area contributed by atoms with Crippen molar-refractivity contribution >= 4 is 29.9 Å². The van der Waals surface area contributed by atoms with Crippen molar-refractivity contribution in [2.24, 2.45) is 4.99 Å². The molecule has 6 heteroatoms. The lowest BCUT2D eigenvalue weighted by Gasteiger charge is -2.11. The van der Waals surface area contributed by atoms with Gasteiger partial charge in [0.15, 0.2) is 5.96 Å². The molecule has 4 nitrogen and oxygen atoms in total. The van der Waals surface area contributed by atoms with Gasteiger partial charge in [-0.15, -0.1) is 24.0 Å². The van der Waals surface area contributed by atoms with Crippen LogP contribution in [0.15, 0.2) is 59.6 Å². The van der Waals surface area contributed by atoms with E-state index in [4.69, 9.17) is 4.74 Å². The van der Waals surface area contributed by atoms with Crippen molar-refractivity contribution in [3.05, 3.63) is 71.5 Å². The average Bonchev–Trinajstić information content (AvgIpc) is 2.66. The molecule has 0 aliphatic rings. The molecule has 148 valence electrons. The summed E-state index contributed by atoms with van der Waals surface area (Å²) < 4.78 is 18.9. The molecule has 0 fully saturated rings. The van der Waals surface area contributed by atoms with Crippen LogP contribution in [-0.2, 0) is 17.9 Å². The summed E-state index contributed by atoms with van der Waals surface area (Å²) in [5.41, 5.74) is 2.06. The number of benzene rings is 2. The maximum Gasteiger partial charge on any atom is 0.191 e. The van der Waals surface area contributed by atoms with Gasteiger partial charge in [-0.25, -0.2) is 9.38 Å². The molecule has 0 radical (unpaired) electrons. The zero-order chi connectivity index (χ0) is 18.5. The zero-order valence-corrected chi connectivity index (χ0v) is 18.1. The Morgan fingerprint density at radius 1 is 1.00 bits per heavy atom. The van der Waals surface area contributed by atoms with Gasteiger partial charge >= 0.3 is 0 Å². The van der Waals surface area contributed by atoms with E-state index in [0.29, 0.717) is 13.2 Å². The van der Waals surface area contributed by atoms with Crippen LogP contribution in [-0.4, -0.2) is 25.7 Å². The fraction of sp³-hybridized carbons (Fsp3) is 0.381. The first kappa shape index (κ1) is 23.4. The summed E-state index contributed by atoms with van der Waals surface area (Å²) >= 11 is 0. The lowest BCUT2D eigenvalue weighted by Crippen LogP contribution is -2.37. The first-order valence-corrected chi connectivity index (χ1v) is 9.16.